The van der Waals surface area contributed by atoms with Crippen LogP contribution >= 0.6 is 0 Å². The molecule has 30 heavy (non-hydrogen) atoms. The molecule has 1 aliphatic rings. The highest BCUT2D eigenvalue weighted by atomic mass is 32.2. The van der Waals surface area contributed by atoms with Crippen LogP contribution in [0.3, 0.4) is 0 Å². The first-order valence-electron chi connectivity index (χ1n) is 9.75. The van der Waals surface area contributed by atoms with Crippen molar-refractivity contribution in [1.29, 1.82) is 0 Å². The Kier molecular flexibility index (Phi) is 5.89. The van der Waals surface area contributed by atoms with E-state index >= 15 is 0 Å². The van der Waals surface area contributed by atoms with Crippen molar-refractivity contribution in [2.45, 2.75) is 11.3 Å². The van der Waals surface area contributed by atoms with Crippen LogP contribution in [-0.4, -0.2) is 66.9 Å². The van der Waals surface area contributed by atoms with Crippen molar-refractivity contribution >= 4 is 21.1 Å². The minimum atomic E-state index is -3.62. The SMILES string of the molecule is O=c1[nH]c2ccc(S(=O)(=O)N3CCN(CCCOc4ccc(F)cc4)CC3)cc2[nH]1. The van der Waals surface area contributed by atoms with Crippen molar-refractivity contribution in [2.24, 2.45) is 0 Å². The van der Waals surface area contributed by atoms with E-state index in [1.807, 2.05) is 0 Å². The molecular formula is C20H23FN4O4S. The Morgan fingerprint density at radius 1 is 0.967 bits per heavy atom. The number of aromatic nitrogens is 2. The van der Waals surface area contributed by atoms with Crippen LogP contribution in [-0.2, 0) is 10.0 Å². The Morgan fingerprint density at radius 3 is 2.40 bits per heavy atom. The summed E-state index contributed by atoms with van der Waals surface area (Å²) in [4.78, 5) is 19.0. The lowest BCUT2D eigenvalue weighted by atomic mass is 10.3. The molecule has 0 unspecified atom stereocenters. The van der Waals surface area contributed by atoms with E-state index in [0.29, 0.717) is 49.6 Å². The molecule has 0 atom stereocenters. The van der Waals surface area contributed by atoms with E-state index in [4.69, 9.17) is 4.74 Å². The van der Waals surface area contributed by atoms with Gasteiger partial charge in [0.1, 0.15) is 11.6 Å². The number of benzene rings is 2. The van der Waals surface area contributed by atoms with Gasteiger partial charge in [-0.2, -0.15) is 4.31 Å². The fraction of sp³-hybridized carbons (Fsp3) is 0.350. The minimum Gasteiger partial charge on any atom is -0.494 e. The number of piperazine rings is 1. The van der Waals surface area contributed by atoms with Crippen LogP contribution in [0, 0.1) is 5.82 Å². The van der Waals surface area contributed by atoms with E-state index in [9.17, 15) is 17.6 Å². The van der Waals surface area contributed by atoms with Gasteiger partial charge in [0.2, 0.25) is 10.0 Å². The number of fused-ring (bicyclic) bond motifs is 1. The van der Waals surface area contributed by atoms with Crippen LogP contribution < -0.4 is 10.4 Å². The molecule has 0 saturated carbocycles. The summed E-state index contributed by atoms with van der Waals surface area (Å²) in [6, 6.07) is 10.5. The highest BCUT2D eigenvalue weighted by Crippen LogP contribution is 2.21. The number of sulfonamides is 1. The summed E-state index contributed by atoms with van der Waals surface area (Å²) >= 11 is 0. The van der Waals surface area contributed by atoms with Crippen molar-refractivity contribution in [2.75, 3.05) is 39.3 Å². The van der Waals surface area contributed by atoms with Crippen LogP contribution in [0.2, 0.25) is 0 Å². The Morgan fingerprint density at radius 2 is 1.67 bits per heavy atom. The van der Waals surface area contributed by atoms with Gasteiger partial charge in [-0.3, -0.25) is 0 Å². The van der Waals surface area contributed by atoms with Crippen LogP contribution in [0.15, 0.2) is 52.2 Å². The number of nitrogens with zero attached hydrogens (tertiary/aromatic N) is 2. The maximum absolute atomic E-state index is 12.9. The molecule has 8 nitrogen and oxygen atoms in total. The van der Waals surface area contributed by atoms with Crippen molar-refractivity contribution in [3.05, 3.63) is 58.8 Å². The molecule has 1 fully saturated rings. The number of imidazole rings is 1. The van der Waals surface area contributed by atoms with Crippen molar-refractivity contribution in [3.8, 4) is 5.75 Å². The van der Waals surface area contributed by atoms with Gasteiger partial charge in [0.05, 0.1) is 22.5 Å². The zero-order valence-electron chi connectivity index (χ0n) is 16.3. The quantitative estimate of drug-likeness (QED) is 0.553. The third-order valence-electron chi connectivity index (χ3n) is 5.16. The summed E-state index contributed by atoms with van der Waals surface area (Å²) in [5.74, 6) is 0.338. The normalized spacial score (nSPS) is 16.2. The smallest absolute Gasteiger partial charge is 0.323 e. The van der Waals surface area contributed by atoms with Crippen molar-refractivity contribution in [1.82, 2.24) is 19.2 Å². The Hall–Kier alpha value is -2.69. The van der Waals surface area contributed by atoms with Gasteiger partial charge in [-0.15, -0.1) is 0 Å². The Labute approximate surface area is 173 Å². The fourth-order valence-corrected chi connectivity index (χ4v) is 4.97. The van der Waals surface area contributed by atoms with Crippen LogP contribution in [0.4, 0.5) is 4.39 Å². The van der Waals surface area contributed by atoms with Crippen LogP contribution in [0.5, 0.6) is 5.75 Å². The van der Waals surface area contributed by atoms with Gasteiger partial charge in [-0.05, 0) is 48.9 Å². The molecule has 1 aromatic heterocycles. The molecule has 2 aromatic carbocycles. The molecule has 0 aliphatic carbocycles. The average Bonchev–Trinajstić information content (AvgIpc) is 3.12. The predicted octanol–water partition coefficient (Wildman–Crippen LogP) is 1.77. The van der Waals surface area contributed by atoms with Gasteiger partial charge in [0, 0.05) is 32.7 Å². The monoisotopic (exact) mass is 434 g/mol. The third kappa shape index (κ3) is 4.55. The Bertz CT molecular complexity index is 1170. The molecule has 2 heterocycles. The standard InChI is InChI=1S/C20H23FN4O4S/c21-15-2-4-16(5-3-15)29-13-1-8-24-9-11-25(12-10-24)30(27,28)17-6-7-18-19(14-17)23-20(26)22-18/h2-7,14H,1,8-13H2,(H2,22,23,26). The number of rotatable bonds is 7. The van der Waals surface area contributed by atoms with Gasteiger partial charge in [-0.25, -0.2) is 17.6 Å². The predicted molar refractivity (Wildman–Crippen MR) is 111 cm³/mol. The third-order valence-corrected chi connectivity index (χ3v) is 7.05. The minimum absolute atomic E-state index is 0.173. The van der Waals surface area contributed by atoms with Gasteiger partial charge in [-0.1, -0.05) is 0 Å². The van der Waals surface area contributed by atoms with Gasteiger partial charge < -0.3 is 19.6 Å². The van der Waals surface area contributed by atoms with Gasteiger partial charge >= 0.3 is 5.69 Å². The lowest BCUT2D eigenvalue weighted by Crippen LogP contribution is -2.48. The number of H-pyrrole nitrogens is 2. The van der Waals surface area contributed by atoms with E-state index < -0.39 is 10.0 Å². The summed E-state index contributed by atoms with van der Waals surface area (Å²) in [6.07, 6.45) is 0.793. The average molecular weight is 434 g/mol. The summed E-state index contributed by atoms with van der Waals surface area (Å²) in [5, 5.41) is 0. The molecule has 1 saturated heterocycles. The van der Waals surface area contributed by atoms with Crippen molar-refractivity contribution in [3.63, 3.8) is 0 Å². The summed E-state index contributed by atoms with van der Waals surface area (Å²) in [5.41, 5.74) is 0.684. The molecule has 2 N–H and O–H groups in total. The highest BCUT2D eigenvalue weighted by Gasteiger charge is 2.28. The number of hydrogen-bond donors (Lipinski definition) is 2. The Balaban J connectivity index is 1.27. The zero-order chi connectivity index (χ0) is 21.1. The number of aromatic amines is 2. The van der Waals surface area contributed by atoms with Gasteiger partial charge in [0.25, 0.3) is 0 Å². The second kappa shape index (κ2) is 8.58. The summed E-state index contributed by atoms with van der Waals surface area (Å²) in [6.45, 7) is 3.40. The molecule has 10 heteroatoms. The van der Waals surface area contributed by atoms with Gasteiger partial charge in [0.15, 0.2) is 0 Å². The maximum Gasteiger partial charge on any atom is 0.323 e. The van der Waals surface area contributed by atoms with E-state index in [0.717, 1.165) is 13.0 Å². The topological polar surface area (TPSA) is 98.5 Å². The number of ether oxygens (including phenoxy) is 1. The first-order valence-corrected chi connectivity index (χ1v) is 11.2. The molecular weight excluding hydrogens is 411 g/mol. The van der Waals surface area contributed by atoms with E-state index in [2.05, 4.69) is 14.9 Å². The lowest BCUT2D eigenvalue weighted by Gasteiger charge is -2.33. The zero-order valence-corrected chi connectivity index (χ0v) is 17.1. The fourth-order valence-electron chi connectivity index (χ4n) is 3.52. The molecule has 0 amide bonds. The lowest BCUT2D eigenvalue weighted by molar-refractivity contribution is 0.174. The number of hydrogen-bond acceptors (Lipinski definition) is 5. The van der Waals surface area contributed by atoms with E-state index in [1.54, 1.807) is 18.2 Å². The number of halogens is 1. The van der Waals surface area contributed by atoms with Crippen LogP contribution in [0.25, 0.3) is 11.0 Å². The van der Waals surface area contributed by atoms with Crippen LogP contribution in [0.1, 0.15) is 6.42 Å². The molecule has 3 aromatic rings. The highest BCUT2D eigenvalue weighted by molar-refractivity contribution is 7.89. The van der Waals surface area contributed by atoms with Crippen molar-refractivity contribution < 1.29 is 17.5 Å². The molecule has 4 rings (SSSR count). The maximum atomic E-state index is 12.9. The first kappa shape index (κ1) is 20.6. The summed E-state index contributed by atoms with van der Waals surface area (Å²) in [7, 11) is -3.62. The largest absolute Gasteiger partial charge is 0.494 e. The summed E-state index contributed by atoms with van der Waals surface area (Å²) < 4.78 is 45.8. The molecule has 0 spiro atoms. The van der Waals surface area contributed by atoms with E-state index in [1.165, 1.54) is 28.6 Å². The van der Waals surface area contributed by atoms with E-state index in [-0.39, 0.29) is 16.4 Å². The molecule has 160 valence electrons. The molecule has 0 radical (unpaired) electrons. The second-order valence-electron chi connectivity index (χ2n) is 7.19. The molecule has 0 bridgehead atoms. The molecule has 1 aliphatic heterocycles. The second-order valence-corrected chi connectivity index (χ2v) is 9.13. The number of nitrogens with one attached hydrogen (secondary N) is 2. The first-order chi connectivity index (χ1) is 14.4.